The fourth-order valence-corrected chi connectivity index (χ4v) is 5.01. The number of fused-ring (bicyclic) bond motifs is 1. The van der Waals surface area contributed by atoms with Gasteiger partial charge in [0.05, 0.1) is 12.8 Å². The molecule has 0 saturated carbocycles. The second-order valence-electron chi connectivity index (χ2n) is 10.0. The molecule has 208 valence electrons. The van der Waals surface area contributed by atoms with E-state index in [1.807, 2.05) is 13.8 Å². The Morgan fingerprint density at radius 2 is 1.95 bits per heavy atom. The van der Waals surface area contributed by atoms with Crippen LogP contribution in [0.2, 0.25) is 0 Å². The first kappa shape index (κ1) is 28.2. The van der Waals surface area contributed by atoms with E-state index >= 15 is 4.39 Å². The van der Waals surface area contributed by atoms with Crippen LogP contribution >= 0.6 is 0 Å². The molecule has 39 heavy (non-hydrogen) atoms. The third-order valence-corrected chi connectivity index (χ3v) is 7.01. The van der Waals surface area contributed by atoms with E-state index in [1.165, 1.54) is 20.2 Å². The Labute approximate surface area is 228 Å². The lowest BCUT2D eigenvalue weighted by Gasteiger charge is -2.33. The Kier molecular flexibility index (Phi) is 8.64. The number of allylic oxidation sites excluding steroid dienone is 1. The third kappa shape index (κ3) is 6.11. The quantitative estimate of drug-likeness (QED) is 0.406. The SMILES string of the molecule is C=C(F)/C(=N\C(=N/C)Nc1ccc(C2CCN(C)CC2)c(F)c1)c1cc(OC)c2c(c1)N(C(C)C)C(=O)CO2. The Morgan fingerprint density at radius 1 is 1.23 bits per heavy atom. The van der Waals surface area contributed by atoms with Crippen LogP contribution in [0.3, 0.4) is 0 Å². The van der Waals surface area contributed by atoms with Crippen molar-refractivity contribution < 1.29 is 23.0 Å². The van der Waals surface area contributed by atoms with Gasteiger partial charge in [0.2, 0.25) is 5.96 Å². The van der Waals surface area contributed by atoms with Crippen molar-refractivity contribution in [3.05, 3.63) is 59.7 Å². The van der Waals surface area contributed by atoms with Crippen LogP contribution in [-0.4, -0.2) is 69.4 Å². The molecule has 2 aliphatic rings. The average molecular weight is 540 g/mol. The molecule has 1 N–H and O–H groups in total. The number of amides is 1. The number of nitrogens with one attached hydrogen (secondary N) is 1. The van der Waals surface area contributed by atoms with Crippen molar-refractivity contribution in [2.45, 2.75) is 38.6 Å². The topological polar surface area (TPSA) is 78.8 Å². The zero-order valence-corrected chi connectivity index (χ0v) is 23.1. The third-order valence-electron chi connectivity index (χ3n) is 7.01. The number of likely N-dealkylation sites (tertiary alicyclic amines) is 1. The average Bonchev–Trinajstić information content (AvgIpc) is 2.90. The maximum Gasteiger partial charge on any atom is 0.265 e. The largest absolute Gasteiger partial charge is 0.493 e. The molecule has 0 atom stereocenters. The molecular formula is C29H35F2N5O3. The molecule has 0 aromatic heterocycles. The summed E-state index contributed by atoms with van der Waals surface area (Å²) in [7, 11) is 5.03. The summed E-state index contributed by atoms with van der Waals surface area (Å²) in [5, 5.41) is 2.97. The second kappa shape index (κ2) is 11.9. The maximum atomic E-state index is 15.1. The monoisotopic (exact) mass is 539 g/mol. The number of anilines is 2. The molecule has 8 nitrogen and oxygen atoms in total. The van der Waals surface area contributed by atoms with Gasteiger partial charge in [0, 0.05) is 24.3 Å². The minimum Gasteiger partial charge on any atom is -0.493 e. The van der Waals surface area contributed by atoms with Gasteiger partial charge in [-0.05, 0) is 82.6 Å². The van der Waals surface area contributed by atoms with Crippen molar-refractivity contribution in [2.75, 3.05) is 51.1 Å². The molecule has 0 spiro atoms. The molecule has 2 aromatic rings. The minimum absolute atomic E-state index is 0.0555. The van der Waals surface area contributed by atoms with E-state index in [9.17, 15) is 9.18 Å². The van der Waals surface area contributed by atoms with Crippen LogP contribution in [0.1, 0.15) is 43.7 Å². The maximum absolute atomic E-state index is 15.1. The zero-order valence-electron chi connectivity index (χ0n) is 23.1. The van der Waals surface area contributed by atoms with E-state index in [2.05, 4.69) is 33.8 Å². The lowest BCUT2D eigenvalue weighted by molar-refractivity contribution is -0.121. The molecule has 10 heteroatoms. The molecule has 0 radical (unpaired) electrons. The number of nitrogens with zero attached hydrogens (tertiary/aromatic N) is 4. The molecule has 0 bridgehead atoms. The minimum atomic E-state index is -0.817. The van der Waals surface area contributed by atoms with Crippen LogP contribution in [0.25, 0.3) is 0 Å². The van der Waals surface area contributed by atoms with Crippen molar-refractivity contribution in [3.8, 4) is 11.5 Å². The van der Waals surface area contributed by atoms with Gasteiger partial charge >= 0.3 is 0 Å². The Bertz CT molecular complexity index is 1320. The number of halogens is 2. The molecule has 1 amide bonds. The van der Waals surface area contributed by atoms with Crippen molar-refractivity contribution in [2.24, 2.45) is 9.98 Å². The standard InChI is InChI=1S/C29H35F2N5O3/c1-17(2)36-24-13-20(14-25(38-6)28(24)39-16-26(36)37)27(18(3)30)34-29(32-4)33-21-7-8-22(23(31)15-21)19-9-11-35(5)12-10-19/h7-8,13-15,17,19H,3,9-12,16H2,1-2,4-6H3,(H,32,33)/b34-27+. The Balaban J connectivity index is 1.65. The van der Waals surface area contributed by atoms with Gasteiger partial charge in [-0.1, -0.05) is 12.6 Å². The smallest absolute Gasteiger partial charge is 0.265 e. The fraction of sp³-hybridized carbons (Fsp3) is 0.414. The molecule has 1 fully saturated rings. The van der Waals surface area contributed by atoms with Gasteiger partial charge in [-0.25, -0.2) is 13.8 Å². The van der Waals surface area contributed by atoms with Gasteiger partial charge in [-0.2, -0.15) is 0 Å². The van der Waals surface area contributed by atoms with Gasteiger partial charge in [0.1, 0.15) is 17.4 Å². The molecule has 4 rings (SSSR count). The number of benzene rings is 2. The predicted molar refractivity (Wildman–Crippen MR) is 151 cm³/mol. The molecule has 0 unspecified atom stereocenters. The molecular weight excluding hydrogens is 504 g/mol. The van der Waals surface area contributed by atoms with Crippen molar-refractivity contribution >= 4 is 29.0 Å². The van der Waals surface area contributed by atoms with Crippen LogP contribution in [0.15, 0.2) is 52.7 Å². The van der Waals surface area contributed by atoms with Gasteiger partial charge in [-0.15, -0.1) is 0 Å². The van der Waals surface area contributed by atoms with E-state index < -0.39 is 5.83 Å². The van der Waals surface area contributed by atoms with Gasteiger partial charge in [0.15, 0.2) is 18.1 Å². The summed E-state index contributed by atoms with van der Waals surface area (Å²) in [5.41, 5.74) is 1.77. The number of guanidine groups is 1. The van der Waals surface area contributed by atoms with Crippen molar-refractivity contribution in [1.82, 2.24) is 4.90 Å². The van der Waals surface area contributed by atoms with Crippen molar-refractivity contribution in [3.63, 3.8) is 0 Å². The van der Waals surface area contributed by atoms with E-state index in [0.29, 0.717) is 34.0 Å². The molecule has 0 aliphatic carbocycles. The number of hydrogen-bond acceptors (Lipinski definition) is 5. The number of hydrogen-bond donors (Lipinski definition) is 1. The number of methoxy groups -OCH3 is 1. The zero-order chi connectivity index (χ0) is 28.3. The van der Waals surface area contributed by atoms with Crippen LogP contribution in [0, 0.1) is 5.82 Å². The first-order chi connectivity index (χ1) is 18.6. The Morgan fingerprint density at radius 3 is 2.54 bits per heavy atom. The number of carbonyl (C=O) groups excluding carboxylic acids is 1. The highest BCUT2D eigenvalue weighted by Gasteiger charge is 2.31. The molecule has 2 aliphatic heterocycles. The van der Waals surface area contributed by atoms with Crippen LogP contribution in [0.5, 0.6) is 11.5 Å². The van der Waals surface area contributed by atoms with E-state index in [0.717, 1.165) is 25.9 Å². The van der Waals surface area contributed by atoms with Gasteiger partial charge < -0.3 is 24.6 Å². The van der Waals surface area contributed by atoms with Gasteiger partial charge in [0.25, 0.3) is 5.91 Å². The summed E-state index contributed by atoms with van der Waals surface area (Å²) in [5.74, 6) is -0.401. The Hall–Kier alpha value is -3.79. The highest BCUT2D eigenvalue weighted by Crippen LogP contribution is 2.43. The van der Waals surface area contributed by atoms with Gasteiger partial charge in [-0.3, -0.25) is 9.79 Å². The summed E-state index contributed by atoms with van der Waals surface area (Å²) >= 11 is 0. The van der Waals surface area contributed by atoms with Crippen LogP contribution in [-0.2, 0) is 4.79 Å². The highest BCUT2D eigenvalue weighted by molar-refractivity contribution is 6.18. The number of piperidine rings is 1. The summed E-state index contributed by atoms with van der Waals surface area (Å²) in [4.78, 5) is 24.9. The number of carbonyl (C=O) groups is 1. The summed E-state index contributed by atoms with van der Waals surface area (Å²) in [6.45, 7) is 8.94. The van der Waals surface area contributed by atoms with Crippen LogP contribution < -0.4 is 19.7 Å². The molecule has 1 saturated heterocycles. The normalized spacial score (nSPS) is 17.2. The second-order valence-corrected chi connectivity index (χ2v) is 10.0. The fourth-order valence-electron chi connectivity index (χ4n) is 5.01. The summed E-state index contributed by atoms with van der Waals surface area (Å²) in [6, 6.07) is 7.97. The lowest BCUT2D eigenvalue weighted by atomic mass is 9.89. The van der Waals surface area contributed by atoms with Crippen LogP contribution in [0.4, 0.5) is 20.2 Å². The lowest BCUT2D eigenvalue weighted by Crippen LogP contribution is -2.43. The van der Waals surface area contributed by atoms with E-state index in [4.69, 9.17) is 9.47 Å². The highest BCUT2D eigenvalue weighted by atomic mass is 19.1. The van der Waals surface area contributed by atoms with E-state index in [1.54, 1.807) is 29.2 Å². The summed E-state index contributed by atoms with van der Waals surface area (Å²) in [6.07, 6.45) is 1.81. The molecule has 2 aromatic carbocycles. The first-order valence-corrected chi connectivity index (χ1v) is 13.0. The molecule has 2 heterocycles. The number of ether oxygens (including phenoxy) is 2. The summed E-state index contributed by atoms with van der Waals surface area (Å²) < 4.78 is 41.0. The first-order valence-electron chi connectivity index (χ1n) is 13.0. The number of aliphatic imine (C=N–C) groups is 2. The van der Waals surface area contributed by atoms with E-state index in [-0.39, 0.29) is 42.0 Å². The predicted octanol–water partition coefficient (Wildman–Crippen LogP) is 5.15. The van der Waals surface area contributed by atoms with Crippen molar-refractivity contribution in [1.29, 1.82) is 0 Å². The number of rotatable bonds is 6.